The minimum absolute atomic E-state index is 0.505. The number of rotatable bonds is 2. The van der Waals surface area contributed by atoms with Gasteiger partial charge in [-0.1, -0.05) is 11.6 Å². The molecule has 1 saturated carbocycles. The van der Waals surface area contributed by atoms with Crippen LogP contribution in [0.25, 0.3) is 5.69 Å². The topological polar surface area (TPSA) is 43.6 Å². The summed E-state index contributed by atoms with van der Waals surface area (Å²) in [6.07, 6.45) is 2.34. The maximum absolute atomic E-state index is 6.20. The highest BCUT2D eigenvalue weighted by molar-refractivity contribution is 14.1. The molecule has 0 bridgehead atoms. The fourth-order valence-corrected chi connectivity index (χ4v) is 2.55. The van der Waals surface area contributed by atoms with Crippen molar-refractivity contribution in [1.29, 1.82) is 0 Å². The Labute approximate surface area is 111 Å². The molecule has 1 aliphatic rings. The molecule has 1 aromatic heterocycles. The van der Waals surface area contributed by atoms with Gasteiger partial charge in [-0.2, -0.15) is 4.68 Å². The van der Waals surface area contributed by atoms with Gasteiger partial charge in [0.25, 0.3) is 0 Å². The third kappa shape index (κ3) is 1.82. The first kappa shape index (κ1) is 10.5. The van der Waals surface area contributed by atoms with Crippen LogP contribution in [0.2, 0.25) is 5.02 Å². The molecule has 6 heteroatoms. The normalized spacial score (nSPS) is 15.4. The van der Waals surface area contributed by atoms with Crippen LogP contribution in [0, 0.1) is 3.57 Å². The fraction of sp³-hybridized carbons (Fsp3) is 0.300. The SMILES string of the molecule is Clc1cc(I)ccc1-n1nnnc1C1CC1. The molecule has 3 rings (SSSR count). The van der Waals surface area contributed by atoms with Crippen LogP contribution >= 0.6 is 34.2 Å². The molecule has 0 atom stereocenters. The van der Waals surface area contributed by atoms with Crippen molar-refractivity contribution in [1.82, 2.24) is 20.2 Å². The minimum atomic E-state index is 0.505. The number of nitrogens with zero attached hydrogens (tertiary/aromatic N) is 4. The van der Waals surface area contributed by atoms with E-state index in [4.69, 9.17) is 11.6 Å². The number of hydrogen-bond acceptors (Lipinski definition) is 3. The Morgan fingerprint density at radius 3 is 2.88 bits per heavy atom. The molecule has 0 saturated heterocycles. The Bertz CT molecular complexity index is 535. The van der Waals surface area contributed by atoms with E-state index in [1.54, 1.807) is 4.68 Å². The van der Waals surface area contributed by atoms with E-state index in [1.165, 1.54) is 12.8 Å². The monoisotopic (exact) mass is 346 g/mol. The Balaban J connectivity index is 2.10. The molecule has 1 aliphatic carbocycles. The van der Waals surface area contributed by atoms with E-state index in [9.17, 15) is 0 Å². The zero-order valence-electron chi connectivity index (χ0n) is 8.27. The molecule has 2 aromatic rings. The van der Waals surface area contributed by atoms with Crippen LogP contribution in [0.1, 0.15) is 24.6 Å². The molecule has 0 N–H and O–H groups in total. The Morgan fingerprint density at radius 1 is 1.38 bits per heavy atom. The lowest BCUT2D eigenvalue weighted by Gasteiger charge is -2.05. The van der Waals surface area contributed by atoms with Gasteiger partial charge < -0.3 is 0 Å². The summed E-state index contributed by atoms with van der Waals surface area (Å²) >= 11 is 8.43. The van der Waals surface area contributed by atoms with Gasteiger partial charge in [-0.3, -0.25) is 0 Å². The van der Waals surface area contributed by atoms with Gasteiger partial charge in [0.15, 0.2) is 5.82 Å². The van der Waals surface area contributed by atoms with Crippen molar-refractivity contribution < 1.29 is 0 Å². The highest BCUT2D eigenvalue weighted by Gasteiger charge is 2.30. The van der Waals surface area contributed by atoms with Gasteiger partial charge in [-0.25, -0.2) is 0 Å². The molecule has 0 spiro atoms. The van der Waals surface area contributed by atoms with E-state index in [1.807, 2.05) is 18.2 Å². The van der Waals surface area contributed by atoms with Crippen molar-refractivity contribution in [2.24, 2.45) is 0 Å². The third-order valence-corrected chi connectivity index (χ3v) is 3.55. The molecule has 1 heterocycles. The van der Waals surface area contributed by atoms with E-state index in [0.717, 1.165) is 15.1 Å². The summed E-state index contributed by atoms with van der Waals surface area (Å²) in [5.74, 6) is 1.42. The van der Waals surface area contributed by atoms with Crippen LogP contribution in [0.4, 0.5) is 0 Å². The minimum Gasteiger partial charge on any atom is -0.196 e. The van der Waals surface area contributed by atoms with Crippen LogP contribution in [0.3, 0.4) is 0 Å². The Hall–Kier alpha value is -0.690. The molecule has 16 heavy (non-hydrogen) atoms. The molecular weight excluding hydrogens is 338 g/mol. The molecule has 4 nitrogen and oxygen atoms in total. The summed E-state index contributed by atoms with van der Waals surface area (Å²) in [6.45, 7) is 0. The van der Waals surface area contributed by atoms with Gasteiger partial charge in [0.2, 0.25) is 0 Å². The number of aromatic nitrogens is 4. The standard InChI is InChI=1S/C10H8ClIN4/c11-8-5-7(12)3-4-9(8)16-10(6-1-2-6)13-14-15-16/h3-6H,1-2H2. The molecule has 0 amide bonds. The second-order valence-corrected chi connectivity index (χ2v) is 5.47. The summed E-state index contributed by atoms with van der Waals surface area (Å²) in [5.41, 5.74) is 0.856. The first-order valence-electron chi connectivity index (χ1n) is 4.99. The molecule has 0 radical (unpaired) electrons. The van der Waals surface area contributed by atoms with Crippen LogP contribution < -0.4 is 0 Å². The van der Waals surface area contributed by atoms with Crippen molar-refractivity contribution in [3.05, 3.63) is 32.6 Å². The molecule has 1 aromatic carbocycles. The van der Waals surface area contributed by atoms with Gasteiger partial charge in [-0.15, -0.1) is 5.10 Å². The molecule has 0 unspecified atom stereocenters. The second kappa shape index (κ2) is 3.96. The molecule has 1 fully saturated rings. The van der Waals surface area contributed by atoms with Gasteiger partial charge in [0, 0.05) is 9.49 Å². The summed E-state index contributed by atoms with van der Waals surface area (Å²) in [7, 11) is 0. The number of hydrogen-bond donors (Lipinski definition) is 0. The van der Waals surface area contributed by atoms with Gasteiger partial charge in [0.1, 0.15) is 0 Å². The van der Waals surface area contributed by atoms with Crippen LogP contribution in [0.5, 0.6) is 0 Å². The average molecular weight is 347 g/mol. The van der Waals surface area contributed by atoms with E-state index < -0.39 is 0 Å². The molecule has 82 valence electrons. The van der Waals surface area contributed by atoms with E-state index in [-0.39, 0.29) is 0 Å². The van der Waals surface area contributed by atoms with Crippen LogP contribution in [-0.4, -0.2) is 20.2 Å². The van der Waals surface area contributed by atoms with Gasteiger partial charge in [-0.05, 0) is 64.1 Å². The lowest BCUT2D eigenvalue weighted by atomic mass is 10.3. The molecule has 0 aliphatic heterocycles. The first-order valence-corrected chi connectivity index (χ1v) is 6.45. The average Bonchev–Trinajstić information content (AvgIpc) is 2.98. The van der Waals surface area contributed by atoms with Crippen molar-refractivity contribution >= 4 is 34.2 Å². The highest BCUT2D eigenvalue weighted by atomic mass is 127. The first-order chi connectivity index (χ1) is 7.75. The maximum Gasteiger partial charge on any atom is 0.159 e. The Kier molecular flexibility index (Phi) is 2.59. The smallest absolute Gasteiger partial charge is 0.159 e. The fourth-order valence-electron chi connectivity index (χ4n) is 1.61. The summed E-state index contributed by atoms with van der Waals surface area (Å²) < 4.78 is 2.85. The van der Waals surface area contributed by atoms with Crippen LogP contribution in [0.15, 0.2) is 18.2 Å². The Morgan fingerprint density at radius 2 is 2.19 bits per heavy atom. The lowest BCUT2D eigenvalue weighted by Crippen LogP contribution is -2.02. The zero-order chi connectivity index (χ0) is 11.1. The van der Waals surface area contributed by atoms with Crippen molar-refractivity contribution in [2.45, 2.75) is 18.8 Å². The van der Waals surface area contributed by atoms with Gasteiger partial charge >= 0.3 is 0 Å². The zero-order valence-corrected chi connectivity index (χ0v) is 11.2. The van der Waals surface area contributed by atoms with Gasteiger partial charge in [0.05, 0.1) is 10.7 Å². The van der Waals surface area contributed by atoms with E-state index in [0.29, 0.717) is 10.9 Å². The van der Waals surface area contributed by atoms with E-state index >= 15 is 0 Å². The highest BCUT2D eigenvalue weighted by Crippen LogP contribution is 2.39. The second-order valence-electron chi connectivity index (χ2n) is 3.82. The summed E-state index contributed by atoms with van der Waals surface area (Å²) in [6, 6.07) is 5.86. The lowest BCUT2D eigenvalue weighted by molar-refractivity contribution is 0.763. The quantitative estimate of drug-likeness (QED) is 0.786. The number of tetrazole rings is 1. The van der Waals surface area contributed by atoms with Crippen molar-refractivity contribution in [2.75, 3.05) is 0 Å². The number of benzene rings is 1. The summed E-state index contributed by atoms with van der Waals surface area (Å²) in [5, 5.41) is 12.5. The van der Waals surface area contributed by atoms with Crippen molar-refractivity contribution in [3.63, 3.8) is 0 Å². The maximum atomic E-state index is 6.20. The van der Waals surface area contributed by atoms with Crippen LogP contribution in [-0.2, 0) is 0 Å². The molecular formula is C10H8ClIN4. The van der Waals surface area contributed by atoms with E-state index in [2.05, 4.69) is 38.1 Å². The predicted octanol–water partition coefficient (Wildman–Crippen LogP) is 2.80. The summed E-state index contributed by atoms with van der Waals surface area (Å²) in [4.78, 5) is 0. The predicted molar refractivity (Wildman–Crippen MR) is 68.9 cm³/mol. The third-order valence-electron chi connectivity index (χ3n) is 2.57. The largest absolute Gasteiger partial charge is 0.196 e. The van der Waals surface area contributed by atoms with Crippen molar-refractivity contribution in [3.8, 4) is 5.69 Å². The number of halogens is 2.